The second-order valence-electron chi connectivity index (χ2n) is 5.75. The van der Waals surface area contributed by atoms with E-state index in [1.807, 2.05) is 6.92 Å². The lowest BCUT2D eigenvalue weighted by atomic mass is 9.83. The molecule has 1 saturated carbocycles. The van der Waals surface area contributed by atoms with Gasteiger partial charge >= 0.3 is 0 Å². The van der Waals surface area contributed by atoms with Gasteiger partial charge in [-0.1, -0.05) is 18.9 Å². The van der Waals surface area contributed by atoms with E-state index in [2.05, 4.69) is 0 Å². The molecule has 0 aromatic heterocycles. The Labute approximate surface area is 120 Å². The molecule has 0 spiro atoms. The molecule has 0 bridgehead atoms. The molecule has 0 aliphatic heterocycles. The Kier molecular flexibility index (Phi) is 4.76. The molecule has 1 fully saturated rings. The number of aryl methyl sites for hydroxylation is 1. The molecule has 4 heteroatoms. The van der Waals surface area contributed by atoms with Crippen molar-refractivity contribution in [2.45, 2.75) is 38.6 Å². The maximum atomic E-state index is 13.9. The van der Waals surface area contributed by atoms with Gasteiger partial charge in [-0.3, -0.25) is 4.79 Å². The zero-order valence-electron chi connectivity index (χ0n) is 12.2. The van der Waals surface area contributed by atoms with Crippen molar-refractivity contribution in [3.05, 3.63) is 35.1 Å². The van der Waals surface area contributed by atoms with Gasteiger partial charge < -0.3 is 10.6 Å². The first-order valence-electron chi connectivity index (χ1n) is 7.28. The lowest BCUT2D eigenvalue weighted by Gasteiger charge is -2.37. The highest BCUT2D eigenvalue weighted by Gasteiger charge is 2.31. The lowest BCUT2D eigenvalue weighted by Crippen LogP contribution is -2.46. The minimum atomic E-state index is -0.443. The van der Waals surface area contributed by atoms with Gasteiger partial charge in [0, 0.05) is 13.1 Å². The molecule has 1 aliphatic carbocycles. The van der Waals surface area contributed by atoms with Crippen LogP contribution >= 0.6 is 0 Å². The van der Waals surface area contributed by atoms with E-state index < -0.39 is 5.82 Å². The Balaban J connectivity index is 2.18. The molecule has 2 atom stereocenters. The Morgan fingerprint density at radius 2 is 2.10 bits per heavy atom. The number of carbonyl (C=O) groups is 1. The second kappa shape index (κ2) is 6.35. The predicted molar refractivity (Wildman–Crippen MR) is 78.0 cm³/mol. The number of nitrogens with two attached hydrogens (primary N) is 1. The summed E-state index contributed by atoms with van der Waals surface area (Å²) in [6.07, 6.45) is 4.28. The van der Waals surface area contributed by atoms with Crippen LogP contribution in [0.25, 0.3) is 0 Å². The van der Waals surface area contributed by atoms with E-state index in [9.17, 15) is 9.18 Å². The van der Waals surface area contributed by atoms with Gasteiger partial charge in [-0.15, -0.1) is 0 Å². The van der Waals surface area contributed by atoms with Gasteiger partial charge in [0.1, 0.15) is 5.82 Å². The number of carbonyl (C=O) groups excluding carboxylic acids is 1. The van der Waals surface area contributed by atoms with E-state index in [0.29, 0.717) is 12.5 Å². The van der Waals surface area contributed by atoms with Crippen LogP contribution in [0.2, 0.25) is 0 Å². The van der Waals surface area contributed by atoms with Gasteiger partial charge in [-0.2, -0.15) is 0 Å². The fourth-order valence-electron chi connectivity index (χ4n) is 3.11. The van der Waals surface area contributed by atoms with Crippen LogP contribution in [-0.4, -0.2) is 30.4 Å². The molecule has 1 amide bonds. The first-order valence-corrected chi connectivity index (χ1v) is 7.28. The first-order chi connectivity index (χ1) is 9.54. The molecular formula is C16H23FN2O. The summed E-state index contributed by atoms with van der Waals surface area (Å²) < 4.78 is 13.9. The normalized spacial score (nSPS) is 22.6. The van der Waals surface area contributed by atoms with E-state index in [0.717, 1.165) is 24.8 Å². The van der Waals surface area contributed by atoms with E-state index in [4.69, 9.17) is 5.73 Å². The molecule has 2 rings (SSSR count). The van der Waals surface area contributed by atoms with Crippen molar-refractivity contribution in [1.29, 1.82) is 0 Å². The lowest BCUT2D eigenvalue weighted by molar-refractivity contribution is 0.0616. The zero-order valence-corrected chi connectivity index (χ0v) is 12.2. The molecule has 1 aromatic carbocycles. The number of benzene rings is 1. The third-order valence-electron chi connectivity index (χ3n) is 4.34. The highest BCUT2D eigenvalue weighted by atomic mass is 19.1. The Hall–Kier alpha value is -1.42. The van der Waals surface area contributed by atoms with Crippen molar-refractivity contribution in [2.24, 2.45) is 11.7 Å². The van der Waals surface area contributed by atoms with Gasteiger partial charge in [0.15, 0.2) is 0 Å². The van der Waals surface area contributed by atoms with Crippen LogP contribution in [0.3, 0.4) is 0 Å². The highest BCUT2D eigenvalue weighted by molar-refractivity contribution is 5.94. The number of nitrogens with zero attached hydrogens (tertiary/aromatic N) is 1. The Morgan fingerprint density at radius 3 is 2.75 bits per heavy atom. The largest absolute Gasteiger partial charge is 0.338 e. The fraction of sp³-hybridized carbons (Fsp3) is 0.562. The van der Waals surface area contributed by atoms with Crippen LogP contribution in [0.15, 0.2) is 18.2 Å². The monoisotopic (exact) mass is 278 g/mol. The summed E-state index contributed by atoms with van der Waals surface area (Å²) in [5.74, 6) is -0.360. The number of halogens is 1. The summed E-state index contributed by atoms with van der Waals surface area (Å²) in [5.41, 5.74) is 6.78. The van der Waals surface area contributed by atoms with Crippen LogP contribution in [0, 0.1) is 18.7 Å². The summed E-state index contributed by atoms with van der Waals surface area (Å²) in [5, 5.41) is 0. The molecule has 0 radical (unpaired) electrons. The molecule has 110 valence electrons. The van der Waals surface area contributed by atoms with Crippen molar-refractivity contribution in [3.8, 4) is 0 Å². The predicted octanol–water partition coefficient (Wildman–Crippen LogP) is 2.72. The number of hydrogen-bond donors (Lipinski definition) is 1. The molecule has 20 heavy (non-hydrogen) atoms. The fourth-order valence-corrected chi connectivity index (χ4v) is 3.11. The third kappa shape index (κ3) is 3.01. The summed E-state index contributed by atoms with van der Waals surface area (Å²) in [4.78, 5) is 14.2. The van der Waals surface area contributed by atoms with E-state index in [1.165, 1.54) is 12.5 Å². The summed E-state index contributed by atoms with van der Waals surface area (Å²) in [6, 6.07) is 4.87. The minimum Gasteiger partial charge on any atom is -0.338 e. The molecule has 1 aromatic rings. The number of amides is 1. The summed E-state index contributed by atoms with van der Waals surface area (Å²) >= 11 is 0. The molecule has 3 nitrogen and oxygen atoms in total. The van der Waals surface area contributed by atoms with Gasteiger partial charge in [0.05, 0.1) is 5.56 Å². The molecule has 2 N–H and O–H groups in total. The Morgan fingerprint density at radius 1 is 1.40 bits per heavy atom. The van der Waals surface area contributed by atoms with Crippen LogP contribution in [0.5, 0.6) is 0 Å². The maximum absolute atomic E-state index is 13.9. The third-order valence-corrected chi connectivity index (χ3v) is 4.34. The van der Waals surface area contributed by atoms with Crippen molar-refractivity contribution in [3.63, 3.8) is 0 Å². The number of hydrogen-bond acceptors (Lipinski definition) is 2. The smallest absolute Gasteiger partial charge is 0.256 e. The van der Waals surface area contributed by atoms with Gasteiger partial charge in [-0.05, 0) is 49.9 Å². The van der Waals surface area contributed by atoms with Crippen LogP contribution in [0.4, 0.5) is 4.39 Å². The standard InChI is InChI=1S/C16H23FN2O/c1-11-7-8-13(14(17)9-11)16(20)19(2)15-6-4-3-5-12(15)10-18/h7-9,12,15H,3-6,10,18H2,1-2H3. The zero-order chi connectivity index (χ0) is 14.7. The second-order valence-corrected chi connectivity index (χ2v) is 5.75. The molecule has 0 heterocycles. The van der Waals surface area contributed by atoms with E-state index in [1.54, 1.807) is 24.1 Å². The summed E-state index contributed by atoms with van der Waals surface area (Å²) in [6.45, 7) is 2.39. The highest BCUT2D eigenvalue weighted by Crippen LogP contribution is 2.28. The summed E-state index contributed by atoms with van der Waals surface area (Å²) in [7, 11) is 1.76. The quantitative estimate of drug-likeness (QED) is 0.924. The van der Waals surface area contributed by atoms with Crippen molar-refractivity contribution < 1.29 is 9.18 Å². The average Bonchev–Trinajstić information content (AvgIpc) is 2.45. The van der Waals surface area contributed by atoms with E-state index in [-0.39, 0.29) is 17.5 Å². The van der Waals surface area contributed by atoms with Gasteiger partial charge in [0.2, 0.25) is 0 Å². The van der Waals surface area contributed by atoms with Crippen LogP contribution < -0.4 is 5.73 Å². The number of rotatable bonds is 3. The Bertz CT molecular complexity index is 489. The molecule has 2 unspecified atom stereocenters. The van der Waals surface area contributed by atoms with Gasteiger partial charge in [-0.25, -0.2) is 4.39 Å². The van der Waals surface area contributed by atoms with Crippen LogP contribution in [-0.2, 0) is 0 Å². The minimum absolute atomic E-state index is 0.127. The first kappa shape index (κ1) is 15.0. The molecule has 0 saturated heterocycles. The topological polar surface area (TPSA) is 46.3 Å². The van der Waals surface area contributed by atoms with Crippen LogP contribution in [0.1, 0.15) is 41.6 Å². The average molecular weight is 278 g/mol. The molecular weight excluding hydrogens is 255 g/mol. The van der Waals surface area contributed by atoms with E-state index >= 15 is 0 Å². The maximum Gasteiger partial charge on any atom is 0.256 e. The SMILES string of the molecule is Cc1ccc(C(=O)N(C)C2CCCCC2CN)c(F)c1. The van der Waals surface area contributed by atoms with Gasteiger partial charge in [0.25, 0.3) is 5.91 Å². The molecule has 1 aliphatic rings. The van der Waals surface area contributed by atoms with Crippen molar-refractivity contribution in [1.82, 2.24) is 4.90 Å². The van der Waals surface area contributed by atoms with Crippen molar-refractivity contribution in [2.75, 3.05) is 13.6 Å². The van der Waals surface area contributed by atoms with Crippen molar-refractivity contribution >= 4 is 5.91 Å².